The van der Waals surface area contributed by atoms with E-state index in [9.17, 15) is 0 Å². The lowest BCUT2D eigenvalue weighted by Gasteiger charge is -2.11. The van der Waals surface area contributed by atoms with Crippen molar-refractivity contribution in [2.45, 2.75) is 258 Å². The van der Waals surface area contributed by atoms with Gasteiger partial charge >= 0.3 is 0 Å². The number of aryl methyl sites for hydroxylation is 2. The molecule has 1 rings (SSSR count). The molecule has 0 aliphatic rings. The summed E-state index contributed by atoms with van der Waals surface area (Å²) in [5.41, 5.74) is 4.38. The minimum Gasteiger partial charge on any atom is -0.0654 e. The summed E-state index contributed by atoms with van der Waals surface area (Å²) in [5, 5.41) is 0. The van der Waals surface area contributed by atoms with Gasteiger partial charge in [0.1, 0.15) is 0 Å². The predicted molar refractivity (Wildman–Crippen MR) is 216 cm³/mol. The Morgan fingerprint density at radius 2 is 0.489 bits per heavy atom. The molecule has 1 aromatic rings. The minimum atomic E-state index is 1.23. The minimum absolute atomic E-state index is 1.23. The molecule has 0 spiro atoms. The van der Waals surface area contributed by atoms with Gasteiger partial charge in [0.2, 0.25) is 0 Å². The van der Waals surface area contributed by atoms with E-state index in [0.29, 0.717) is 0 Å². The topological polar surface area (TPSA) is 0 Å². The average molecular weight is 652 g/mol. The largest absolute Gasteiger partial charge is 0.0654 e. The summed E-state index contributed by atoms with van der Waals surface area (Å²) >= 11 is 0. The molecule has 0 unspecified atom stereocenters. The average Bonchev–Trinajstić information content (AvgIpc) is 3.08. The third kappa shape index (κ3) is 29.8. The molecule has 0 saturated heterocycles. The molecule has 0 N–H and O–H groups in total. The van der Waals surface area contributed by atoms with Crippen molar-refractivity contribution in [3.63, 3.8) is 0 Å². The van der Waals surface area contributed by atoms with Gasteiger partial charge in [-0.05, 0) is 49.3 Å². The van der Waals surface area contributed by atoms with E-state index in [-0.39, 0.29) is 0 Å². The highest BCUT2D eigenvalue weighted by Gasteiger charge is 2.05. The van der Waals surface area contributed by atoms with Crippen LogP contribution in [0.25, 0.3) is 0 Å². The van der Waals surface area contributed by atoms with Crippen LogP contribution in [0.4, 0.5) is 0 Å². The van der Waals surface area contributed by atoms with Gasteiger partial charge in [0.25, 0.3) is 0 Å². The molecule has 47 heavy (non-hydrogen) atoms. The fourth-order valence-electron chi connectivity index (χ4n) is 7.59. The van der Waals surface area contributed by atoms with Gasteiger partial charge in [-0.2, -0.15) is 0 Å². The van der Waals surface area contributed by atoms with E-state index in [0.717, 1.165) is 0 Å². The molecule has 0 aliphatic heterocycles. The van der Waals surface area contributed by atoms with Gasteiger partial charge in [0.15, 0.2) is 0 Å². The summed E-state index contributed by atoms with van der Waals surface area (Å²) in [6.07, 6.45) is 54.5. The first-order valence-electron chi connectivity index (χ1n) is 22.2. The van der Waals surface area contributed by atoms with Crippen molar-refractivity contribution in [2.24, 2.45) is 0 Å². The number of hydrogen-bond donors (Lipinski definition) is 0. The van der Waals surface area contributed by atoms with E-state index >= 15 is 0 Å². The zero-order valence-electron chi connectivity index (χ0n) is 32.8. The first-order chi connectivity index (χ1) is 23.3. The molecule has 0 saturated carbocycles. The van der Waals surface area contributed by atoms with Crippen molar-refractivity contribution in [3.8, 4) is 0 Å². The van der Waals surface area contributed by atoms with Gasteiger partial charge in [0.05, 0.1) is 0 Å². The van der Waals surface area contributed by atoms with E-state index in [4.69, 9.17) is 0 Å². The lowest BCUT2D eigenvalue weighted by molar-refractivity contribution is 0.525. The lowest BCUT2D eigenvalue weighted by atomic mass is 9.94. The number of benzene rings is 1. The number of unbranched alkanes of at least 4 members (excludes halogenated alkanes) is 34. The molecule has 1 aromatic carbocycles. The van der Waals surface area contributed by atoms with Gasteiger partial charge in [-0.1, -0.05) is 250 Å². The van der Waals surface area contributed by atoms with Crippen LogP contribution in [0.2, 0.25) is 0 Å². The van der Waals surface area contributed by atoms with Gasteiger partial charge in [-0.3, -0.25) is 0 Å². The van der Waals surface area contributed by atoms with Crippen LogP contribution in [-0.2, 0) is 12.8 Å². The third-order valence-corrected chi connectivity index (χ3v) is 11.0. The van der Waals surface area contributed by atoms with E-state index in [1.165, 1.54) is 261 Å². The highest BCUT2D eigenvalue weighted by Crippen LogP contribution is 2.21. The fourth-order valence-corrected chi connectivity index (χ4v) is 7.59. The zero-order valence-corrected chi connectivity index (χ0v) is 32.8. The molecule has 0 heteroatoms. The SMILES string of the molecule is [CH2]c1c(CCCCCCCCCCCCCCCCCCCC)cccc1CCCCCCCCCCCCCCCCCCCC. The van der Waals surface area contributed by atoms with Crippen LogP contribution in [0, 0.1) is 6.92 Å². The fraction of sp³-hybridized carbons (Fsp3) is 0.851. The van der Waals surface area contributed by atoms with Crippen molar-refractivity contribution in [1.82, 2.24) is 0 Å². The molecular weight excluding hydrogens is 565 g/mol. The normalized spacial score (nSPS) is 11.6. The van der Waals surface area contributed by atoms with Crippen LogP contribution >= 0.6 is 0 Å². The van der Waals surface area contributed by atoms with Gasteiger partial charge in [-0.15, -0.1) is 0 Å². The van der Waals surface area contributed by atoms with Gasteiger partial charge in [-0.25, -0.2) is 0 Å². The van der Waals surface area contributed by atoms with E-state index in [1.807, 2.05) is 0 Å². The monoisotopic (exact) mass is 652 g/mol. The molecule has 0 fully saturated rings. The first-order valence-corrected chi connectivity index (χ1v) is 22.2. The van der Waals surface area contributed by atoms with Crippen molar-refractivity contribution >= 4 is 0 Å². The van der Waals surface area contributed by atoms with Gasteiger partial charge < -0.3 is 0 Å². The van der Waals surface area contributed by atoms with Crippen LogP contribution in [-0.4, -0.2) is 0 Å². The quantitative estimate of drug-likeness (QED) is 0.0624. The smallest absolute Gasteiger partial charge is 0.0233 e. The van der Waals surface area contributed by atoms with Crippen LogP contribution < -0.4 is 0 Å². The van der Waals surface area contributed by atoms with Crippen molar-refractivity contribution in [1.29, 1.82) is 0 Å². The first kappa shape index (κ1) is 44.2. The summed E-state index contributed by atoms with van der Waals surface area (Å²) in [6.45, 7) is 9.13. The third-order valence-electron chi connectivity index (χ3n) is 11.0. The van der Waals surface area contributed by atoms with E-state index < -0.39 is 0 Å². The molecular formula is C47H87. The summed E-state index contributed by atoms with van der Waals surface area (Å²) in [6, 6.07) is 6.98. The molecule has 0 heterocycles. The van der Waals surface area contributed by atoms with Crippen LogP contribution in [0.3, 0.4) is 0 Å². The van der Waals surface area contributed by atoms with Crippen molar-refractivity contribution < 1.29 is 0 Å². The Kier molecular flexibility index (Phi) is 34.4. The molecule has 1 radical (unpaired) electrons. The van der Waals surface area contributed by atoms with Crippen molar-refractivity contribution in [3.05, 3.63) is 41.8 Å². The van der Waals surface area contributed by atoms with Crippen molar-refractivity contribution in [2.75, 3.05) is 0 Å². The maximum Gasteiger partial charge on any atom is -0.0233 e. The Balaban J connectivity index is 1.88. The predicted octanol–water partition coefficient (Wildman–Crippen LogP) is 17.0. The van der Waals surface area contributed by atoms with Crippen LogP contribution in [0.15, 0.2) is 18.2 Å². The second-order valence-corrected chi connectivity index (χ2v) is 15.6. The second kappa shape index (κ2) is 36.5. The Hall–Kier alpha value is -0.780. The summed E-state index contributed by atoms with van der Waals surface area (Å²) in [5.74, 6) is 0. The zero-order chi connectivity index (χ0) is 33.7. The molecule has 275 valence electrons. The highest BCUT2D eigenvalue weighted by atomic mass is 14.1. The van der Waals surface area contributed by atoms with E-state index in [2.05, 4.69) is 39.0 Å². The lowest BCUT2D eigenvalue weighted by Crippen LogP contribution is -1.97. The Bertz CT molecular complexity index is 673. The van der Waals surface area contributed by atoms with Crippen LogP contribution in [0.1, 0.15) is 262 Å². The standard InChI is InChI=1S/C47H87/c1-4-6-8-10-12-14-16-18-20-22-24-26-28-30-32-34-36-38-41-46-43-40-44-47(45(46)3)42-39-37-35-33-31-29-27-25-23-21-19-17-15-13-11-9-7-5-2/h40,43-44H,3-39,41-42H2,1-2H3. The summed E-state index contributed by atoms with van der Waals surface area (Å²) < 4.78 is 0. The molecule has 0 aliphatic carbocycles. The molecule has 0 bridgehead atoms. The highest BCUT2D eigenvalue weighted by molar-refractivity contribution is 5.37. The summed E-state index contributed by atoms with van der Waals surface area (Å²) in [7, 11) is 0. The Labute approximate surface area is 298 Å². The van der Waals surface area contributed by atoms with E-state index in [1.54, 1.807) is 0 Å². The molecule has 0 aromatic heterocycles. The molecule has 0 atom stereocenters. The second-order valence-electron chi connectivity index (χ2n) is 15.6. The summed E-state index contributed by atoms with van der Waals surface area (Å²) in [4.78, 5) is 0. The maximum absolute atomic E-state index is 4.52. The maximum atomic E-state index is 4.52. The molecule has 0 amide bonds. The number of rotatable bonds is 38. The number of hydrogen-bond acceptors (Lipinski definition) is 0. The molecule has 0 nitrogen and oxygen atoms in total. The Morgan fingerprint density at radius 1 is 0.298 bits per heavy atom. The Morgan fingerprint density at radius 3 is 0.702 bits per heavy atom. The van der Waals surface area contributed by atoms with Gasteiger partial charge in [0, 0.05) is 0 Å². The van der Waals surface area contributed by atoms with Crippen LogP contribution in [0.5, 0.6) is 0 Å².